The highest BCUT2D eigenvalue weighted by molar-refractivity contribution is 6.01. The Hall–Kier alpha value is -6.62. The second-order valence-electron chi connectivity index (χ2n) is 12.6. The van der Waals surface area contributed by atoms with E-state index in [9.17, 15) is 10.3 Å². The number of hydrazine groups is 1. The Morgan fingerprint density at radius 3 is 2.17 bits per heavy atom. The molecule has 13 nitrogen and oxygen atoms in total. The second-order valence-corrected chi connectivity index (χ2v) is 12.6. The molecule has 5 aromatic carbocycles. The minimum absolute atomic E-state index is 0.0194. The number of nitrogens with zero attached hydrogens (tertiary/aromatic N) is 7. The number of aliphatic hydroxyl groups excluding tert-OH is 1. The molecule has 54 heavy (non-hydrogen) atoms. The number of aliphatic imine (C=N–C) groups is 1. The number of hydrogen-bond acceptors (Lipinski definition) is 8. The molecule has 0 unspecified atom stereocenters. The fourth-order valence-electron chi connectivity index (χ4n) is 6.53. The zero-order valence-electron chi connectivity index (χ0n) is 29.4. The standard InChI is InChI=1S/C41H39N9O4/c42-49-45-27-33-17-8-7-16-32(33)26-41(40(52)48-44-28-36(29-12-3-1-4-13-29)30-14-5-2-6-15-30)38(35-18-9-10-19-37(35)47-50-43)54-39(46-41)31-20-22-34(23-21-31)53-25-11-24-51/h1-10,12-23,36,38,44,51H,11,24-28H2,(H,48,52)/t38-,41-/m0/s1. The van der Waals surface area contributed by atoms with Gasteiger partial charge in [-0.05, 0) is 57.6 Å². The van der Waals surface area contributed by atoms with Crippen molar-refractivity contribution in [2.45, 2.75) is 36.9 Å². The molecule has 1 aliphatic heterocycles. The van der Waals surface area contributed by atoms with Crippen LogP contribution < -0.4 is 15.6 Å². The summed E-state index contributed by atoms with van der Waals surface area (Å²) in [7, 11) is 0. The van der Waals surface area contributed by atoms with Crippen LogP contribution in [-0.4, -0.2) is 42.2 Å². The van der Waals surface area contributed by atoms with Crippen molar-refractivity contribution in [3.63, 3.8) is 0 Å². The van der Waals surface area contributed by atoms with Gasteiger partial charge in [0.2, 0.25) is 5.90 Å². The molecule has 13 heteroatoms. The van der Waals surface area contributed by atoms with Gasteiger partial charge in [0.05, 0.1) is 13.2 Å². The molecule has 0 radical (unpaired) electrons. The Kier molecular flexibility index (Phi) is 12.5. The van der Waals surface area contributed by atoms with Gasteiger partial charge in [-0.15, -0.1) is 0 Å². The van der Waals surface area contributed by atoms with E-state index in [2.05, 4.69) is 55.2 Å². The number of amides is 1. The summed E-state index contributed by atoms with van der Waals surface area (Å²) < 4.78 is 12.4. The Balaban J connectivity index is 1.43. The van der Waals surface area contributed by atoms with Crippen molar-refractivity contribution in [3.8, 4) is 5.75 Å². The van der Waals surface area contributed by atoms with E-state index in [4.69, 9.17) is 25.1 Å². The van der Waals surface area contributed by atoms with Crippen LogP contribution >= 0.6 is 0 Å². The number of carbonyl (C=O) groups is 1. The Bertz CT molecular complexity index is 2110. The first-order chi connectivity index (χ1) is 26.6. The number of benzene rings is 5. The quantitative estimate of drug-likeness (QED) is 0.0287. The summed E-state index contributed by atoms with van der Waals surface area (Å²) in [6.45, 7) is 0.796. The van der Waals surface area contributed by atoms with Gasteiger partial charge < -0.3 is 14.6 Å². The molecule has 0 saturated heterocycles. The van der Waals surface area contributed by atoms with Crippen molar-refractivity contribution in [1.82, 2.24) is 10.9 Å². The molecule has 3 N–H and O–H groups in total. The molecule has 0 aliphatic carbocycles. The minimum Gasteiger partial charge on any atom is -0.494 e. The first-order valence-electron chi connectivity index (χ1n) is 17.5. The van der Waals surface area contributed by atoms with Gasteiger partial charge in [-0.2, -0.15) is 0 Å². The summed E-state index contributed by atoms with van der Waals surface area (Å²) in [6.07, 6.45) is -0.517. The number of ether oxygens (including phenoxy) is 2. The third-order valence-corrected chi connectivity index (χ3v) is 9.20. The van der Waals surface area contributed by atoms with E-state index in [0.717, 1.165) is 22.3 Å². The molecular weight excluding hydrogens is 683 g/mol. The topological polar surface area (TPSA) is 190 Å². The van der Waals surface area contributed by atoms with E-state index in [-0.39, 0.29) is 37.1 Å². The van der Waals surface area contributed by atoms with Crippen molar-refractivity contribution in [3.05, 3.63) is 188 Å². The lowest BCUT2D eigenvalue weighted by molar-refractivity contribution is -0.130. The number of hydrogen-bond donors (Lipinski definition) is 3. The summed E-state index contributed by atoms with van der Waals surface area (Å²) in [4.78, 5) is 26.1. The maximum atomic E-state index is 15.0. The molecule has 0 spiro atoms. The highest BCUT2D eigenvalue weighted by Gasteiger charge is 2.54. The van der Waals surface area contributed by atoms with E-state index in [1.165, 1.54) is 0 Å². The van der Waals surface area contributed by atoms with E-state index in [1.54, 1.807) is 48.5 Å². The summed E-state index contributed by atoms with van der Waals surface area (Å²) in [5, 5.41) is 16.9. The van der Waals surface area contributed by atoms with Crippen LogP contribution in [-0.2, 0) is 22.5 Å². The SMILES string of the molecule is [N-]=[N+]=NCc1ccccc1C[C@]1(C(=O)NNCC(c2ccccc2)c2ccccc2)N=C(c2ccc(OCCCO)cc2)O[C@H]1c1ccccc1N=[N+]=[N-]. The summed E-state index contributed by atoms with van der Waals surface area (Å²) in [6, 6.07) is 41.5. The lowest BCUT2D eigenvalue weighted by Gasteiger charge is -2.32. The Morgan fingerprint density at radius 2 is 1.50 bits per heavy atom. The highest BCUT2D eigenvalue weighted by atomic mass is 16.5. The predicted octanol–water partition coefficient (Wildman–Crippen LogP) is 8.15. The summed E-state index contributed by atoms with van der Waals surface area (Å²) in [5.41, 5.74) is 28.1. The molecule has 1 aliphatic rings. The molecule has 0 saturated carbocycles. The largest absolute Gasteiger partial charge is 0.494 e. The van der Waals surface area contributed by atoms with Gasteiger partial charge in [0.1, 0.15) is 5.75 Å². The average Bonchev–Trinajstić information content (AvgIpc) is 3.60. The van der Waals surface area contributed by atoms with Crippen molar-refractivity contribution in [1.29, 1.82) is 0 Å². The van der Waals surface area contributed by atoms with Crippen LogP contribution in [0.4, 0.5) is 5.69 Å². The first-order valence-corrected chi connectivity index (χ1v) is 17.5. The molecular formula is C41H39N9O4. The molecule has 2 atom stereocenters. The molecule has 272 valence electrons. The lowest BCUT2D eigenvalue weighted by atomic mass is 9.80. The Morgan fingerprint density at radius 1 is 0.852 bits per heavy atom. The fraction of sp³-hybridized carbons (Fsp3) is 0.220. The fourth-order valence-corrected chi connectivity index (χ4v) is 6.53. The zero-order valence-corrected chi connectivity index (χ0v) is 29.4. The van der Waals surface area contributed by atoms with Crippen LogP contribution in [0.3, 0.4) is 0 Å². The van der Waals surface area contributed by atoms with Gasteiger partial charge >= 0.3 is 0 Å². The molecule has 0 fully saturated rings. The molecule has 6 rings (SSSR count). The smallest absolute Gasteiger partial charge is 0.266 e. The molecule has 1 heterocycles. The van der Waals surface area contributed by atoms with Gasteiger partial charge in [-0.3, -0.25) is 10.2 Å². The lowest BCUT2D eigenvalue weighted by Crippen LogP contribution is -2.54. The van der Waals surface area contributed by atoms with E-state index in [0.29, 0.717) is 36.4 Å². The predicted molar refractivity (Wildman–Crippen MR) is 206 cm³/mol. The third-order valence-electron chi connectivity index (χ3n) is 9.20. The monoisotopic (exact) mass is 721 g/mol. The van der Waals surface area contributed by atoms with Crippen LogP contribution in [0.5, 0.6) is 5.75 Å². The van der Waals surface area contributed by atoms with Crippen LogP contribution in [0, 0.1) is 0 Å². The molecule has 5 aromatic rings. The van der Waals surface area contributed by atoms with Gasteiger partial charge in [0.25, 0.3) is 5.91 Å². The molecule has 0 bridgehead atoms. The number of nitrogens with one attached hydrogen (secondary N) is 2. The Labute approximate surface area is 312 Å². The van der Waals surface area contributed by atoms with Gasteiger partial charge in [-0.25, -0.2) is 10.4 Å². The number of carbonyl (C=O) groups excluding carboxylic acids is 1. The maximum absolute atomic E-state index is 15.0. The molecule has 0 aromatic heterocycles. The van der Waals surface area contributed by atoms with Gasteiger partial charge in [0.15, 0.2) is 11.6 Å². The number of aliphatic hydroxyl groups is 1. The van der Waals surface area contributed by atoms with Gasteiger partial charge in [-0.1, -0.05) is 119 Å². The van der Waals surface area contributed by atoms with Crippen molar-refractivity contribution >= 4 is 17.5 Å². The normalized spacial score (nSPS) is 16.0. The van der Waals surface area contributed by atoms with Crippen LogP contribution in [0.1, 0.15) is 51.8 Å². The molecule has 1 amide bonds. The summed E-state index contributed by atoms with van der Waals surface area (Å²) >= 11 is 0. The van der Waals surface area contributed by atoms with Crippen molar-refractivity contribution < 1.29 is 19.4 Å². The first kappa shape index (κ1) is 37.1. The van der Waals surface area contributed by atoms with E-state index < -0.39 is 17.6 Å². The average molecular weight is 722 g/mol. The number of azide groups is 2. The van der Waals surface area contributed by atoms with Crippen molar-refractivity contribution in [2.75, 3.05) is 19.8 Å². The minimum atomic E-state index is -1.65. The van der Waals surface area contributed by atoms with E-state index in [1.807, 2.05) is 60.7 Å². The van der Waals surface area contributed by atoms with Crippen molar-refractivity contribution in [2.24, 2.45) is 15.2 Å². The van der Waals surface area contributed by atoms with Crippen LogP contribution in [0.25, 0.3) is 20.9 Å². The van der Waals surface area contributed by atoms with Gasteiger partial charge in [0, 0.05) is 58.5 Å². The van der Waals surface area contributed by atoms with E-state index >= 15 is 0 Å². The third kappa shape index (κ3) is 8.70. The maximum Gasteiger partial charge on any atom is 0.266 e. The highest BCUT2D eigenvalue weighted by Crippen LogP contribution is 2.45. The zero-order chi connectivity index (χ0) is 37.6. The van der Waals surface area contributed by atoms with Crippen LogP contribution in [0.15, 0.2) is 149 Å². The second kappa shape index (κ2) is 18.2. The summed E-state index contributed by atoms with van der Waals surface area (Å²) in [5.74, 6) is 0.224. The number of rotatable bonds is 17. The van der Waals surface area contributed by atoms with Crippen LogP contribution in [0.2, 0.25) is 0 Å².